The van der Waals surface area contributed by atoms with Crippen molar-refractivity contribution in [1.82, 2.24) is 9.97 Å². The number of rotatable bonds is 5. The van der Waals surface area contributed by atoms with Crippen LogP contribution in [-0.2, 0) is 14.9 Å². The summed E-state index contributed by atoms with van der Waals surface area (Å²) in [6.45, 7) is 6.18. The number of H-pyrrole nitrogens is 1. The second-order valence-corrected chi connectivity index (χ2v) is 4.99. The molecule has 0 spiro atoms. The molecule has 1 heterocycles. The topological polar surface area (TPSA) is 55.0 Å². The van der Waals surface area contributed by atoms with Gasteiger partial charge in [-0.05, 0) is 18.4 Å². The van der Waals surface area contributed by atoms with E-state index in [1.807, 2.05) is 51.1 Å². The van der Waals surface area contributed by atoms with Gasteiger partial charge in [0.1, 0.15) is 5.82 Å². The lowest BCUT2D eigenvalue weighted by Gasteiger charge is -2.33. The quantitative estimate of drug-likeness (QED) is 0.851. The van der Waals surface area contributed by atoms with Gasteiger partial charge in [-0.2, -0.15) is 0 Å². The number of aromatic nitrogens is 2. The maximum Gasteiger partial charge on any atom is 0.324 e. The molecule has 106 valence electrons. The molecule has 0 saturated heterocycles. The van der Waals surface area contributed by atoms with Gasteiger partial charge in [0.05, 0.1) is 6.61 Å². The molecule has 0 bridgehead atoms. The Bertz CT molecular complexity index is 549. The number of hydrogen-bond acceptors (Lipinski definition) is 3. The van der Waals surface area contributed by atoms with Gasteiger partial charge in [-0.3, -0.25) is 4.79 Å². The lowest BCUT2D eigenvalue weighted by molar-refractivity contribution is -0.150. The molecule has 0 radical (unpaired) electrons. The Morgan fingerprint density at radius 1 is 1.35 bits per heavy atom. The van der Waals surface area contributed by atoms with Crippen LogP contribution in [-0.4, -0.2) is 22.5 Å². The number of imidazole rings is 1. The highest BCUT2D eigenvalue weighted by atomic mass is 16.5. The number of nitrogens with one attached hydrogen (secondary N) is 1. The summed E-state index contributed by atoms with van der Waals surface area (Å²) in [5.74, 6) is 0.364. The van der Waals surface area contributed by atoms with Crippen molar-refractivity contribution in [3.05, 3.63) is 54.1 Å². The van der Waals surface area contributed by atoms with Gasteiger partial charge in [-0.25, -0.2) is 4.98 Å². The smallest absolute Gasteiger partial charge is 0.324 e. The predicted molar refractivity (Wildman–Crippen MR) is 77.3 cm³/mol. The largest absolute Gasteiger partial charge is 0.465 e. The Hall–Kier alpha value is -2.10. The van der Waals surface area contributed by atoms with Crippen LogP contribution in [0.5, 0.6) is 0 Å². The Kier molecular flexibility index (Phi) is 4.23. The number of esters is 1. The zero-order valence-electron chi connectivity index (χ0n) is 12.1. The standard InChI is InChI=1S/C16H20N2O2/c1-4-20-15(19)16(12(2)3,14-17-10-11-18-14)13-8-6-5-7-9-13/h5-12H,4H2,1-3H3,(H,17,18). The third-order valence-corrected chi connectivity index (χ3v) is 3.56. The third kappa shape index (κ3) is 2.22. The van der Waals surface area contributed by atoms with Gasteiger partial charge in [0, 0.05) is 12.4 Å². The molecule has 0 fully saturated rings. The van der Waals surface area contributed by atoms with Crippen molar-refractivity contribution >= 4 is 5.97 Å². The molecule has 0 aliphatic heterocycles. The van der Waals surface area contributed by atoms with E-state index >= 15 is 0 Å². The molecule has 2 aromatic rings. The van der Waals surface area contributed by atoms with Crippen LogP contribution < -0.4 is 0 Å². The molecule has 0 amide bonds. The molecule has 1 aromatic heterocycles. The monoisotopic (exact) mass is 272 g/mol. The number of hydrogen-bond donors (Lipinski definition) is 1. The molecule has 4 heteroatoms. The second-order valence-electron chi connectivity index (χ2n) is 4.99. The molecule has 1 aromatic carbocycles. The molecule has 0 aliphatic carbocycles. The maximum atomic E-state index is 12.7. The fraction of sp³-hybridized carbons (Fsp3) is 0.375. The second kappa shape index (κ2) is 5.90. The number of benzene rings is 1. The normalized spacial score (nSPS) is 14.0. The van der Waals surface area contributed by atoms with E-state index < -0.39 is 5.41 Å². The summed E-state index contributed by atoms with van der Waals surface area (Å²) in [4.78, 5) is 20.1. The molecule has 1 unspecified atom stereocenters. The Labute approximate surface area is 119 Å². The van der Waals surface area contributed by atoms with Gasteiger partial charge in [0.2, 0.25) is 0 Å². The van der Waals surface area contributed by atoms with Crippen molar-refractivity contribution < 1.29 is 9.53 Å². The Morgan fingerprint density at radius 3 is 2.55 bits per heavy atom. The number of aromatic amines is 1. The van der Waals surface area contributed by atoms with Gasteiger partial charge in [-0.15, -0.1) is 0 Å². The highest BCUT2D eigenvalue weighted by Gasteiger charge is 2.48. The van der Waals surface area contributed by atoms with Crippen LogP contribution in [0, 0.1) is 5.92 Å². The van der Waals surface area contributed by atoms with Crippen LogP contribution in [0.15, 0.2) is 42.7 Å². The van der Waals surface area contributed by atoms with Crippen molar-refractivity contribution in [3.8, 4) is 0 Å². The SMILES string of the molecule is CCOC(=O)C(c1ccccc1)(c1ncc[nH]1)C(C)C. The first kappa shape index (κ1) is 14.3. The Morgan fingerprint density at radius 2 is 2.05 bits per heavy atom. The minimum Gasteiger partial charge on any atom is -0.465 e. The van der Waals surface area contributed by atoms with E-state index in [1.54, 1.807) is 12.4 Å². The predicted octanol–water partition coefficient (Wildman–Crippen LogP) is 2.91. The fourth-order valence-corrected chi connectivity index (χ4v) is 2.62. The van der Waals surface area contributed by atoms with Crippen LogP contribution >= 0.6 is 0 Å². The summed E-state index contributed by atoms with van der Waals surface area (Å²) in [5, 5.41) is 0. The molecule has 1 atom stereocenters. The number of carbonyl (C=O) groups is 1. The van der Waals surface area contributed by atoms with E-state index in [2.05, 4.69) is 9.97 Å². The summed E-state index contributed by atoms with van der Waals surface area (Å²) in [7, 11) is 0. The maximum absolute atomic E-state index is 12.7. The summed E-state index contributed by atoms with van der Waals surface area (Å²) in [6, 6.07) is 9.67. The molecule has 20 heavy (non-hydrogen) atoms. The molecule has 0 aliphatic rings. The third-order valence-electron chi connectivity index (χ3n) is 3.56. The summed E-state index contributed by atoms with van der Waals surface area (Å²) < 4.78 is 5.35. The van der Waals surface area contributed by atoms with E-state index in [-0.39, 0.29) is 11.9 Å². The van der Waals surface area contributed by atoms with Gasteiger partial charge >= 0.3 is 5.97 Å². The summed E-state index contributed by atoms with van der Waals surface area (Å²) in [5.41, 5.74) is -0.00998. The zero-order valence-corrected chi connectivity index (χ0v) is 12.1. The minimum absolute atomic E-state index is 0.00935. The van der Waals surface area contributed by atoms with Gasteiger partial charge in [-0.1, -0.05) is 44.2 Å². The average molecular weight is 272 g/mol. The van der Waals surface area contributed by atoms with E-state index in [0.29, 0.717) is 12.4 Å². The molecular formula is C16H20N2O2. The molecular weight excluding hydrogens is 252 g/mol. The lowest BCUT2D eigenvalue weighted by atomic mass is 9.71. The fourth-order valence-electron chi connectivity index (χ4n) is 2.62. The first-order valence-corrected chi connectivity index (χ1v) is 6.86. The van der Waals surface area contributed by atoms with Crippen molar-refractivity contribution in [2.45, 2.75) is 26.2 Å². The molecule has 2 rings (SSSR count). The molecule has 4 nitrogen and oxygen atoms in total. The summed E-state index contributed by atoms with van der Waals surface area (Å²) >= 11 is 0. The first-order chi connectivity index (χ1) is 9.64. The van der Waals surface area contributed by atoms with Crippen LogP contribution in [0.2, 0.25) is 0 Å². The number of carbonyl (C=O) groups excluding carboxylic acids is 1. The van der Waals surface area contributed by atoms with Crippen LogP contribution in [0.1, 0.15) is 32.2 Å². The van der Waals surface area contributed by atoms with Crippen molar-refractivity contribution in [2.24, 2.45) is 5.92 Å². The molecule has 1 N–H and O–H groups in total. The van der Waals surface area contributed by atoms with Gasteiger partial charge in [0.25, 0.3) is 0 Å². The van der Waals surface area contributed by atoms with E-state index in [1.165, 1.54) is 0 Å². The first-order valence-electron chi connectivity index (χ1n) is 6.86. The van der Waals surface area contributed by atoms with Crippen molar-refractivity contribution in [3.63, 3.8) is 0 Å². The van der Waals surface area contributed by atoms with Crippen LogP contribution in [0.4, 0.5) is 0 Å². The number of nitrogens with zero attached hydrogens (tertiary/aromatic N) is 1. The average Bonchev–Trinajstić information content (AvgIpc) is 2.95. The highest BCUT2D eigenvalue weighted by molar-refractivity contribution is 5.87. The lowest BCUT2D eigenvalue weighted by Crippen LogP contribution is -2.44. The Balaban J connectivity index is 2.66. The molecule has 0 saturated carbocycles. The highest BCUT2D eigenvalue weighted by Crippen LogP contribution is 2.38. The van der Waals surface area contributed by atoms with E-state index in [9.17, 15) is 4.79 Å². The zero-order chi connectivity index (χ0) is 14.6. The van der Waals surface area contributed by atoms with E-state index in [4.69, 9.17) is 4.74 Å². The van der Waals surface area contributed by atoms with Crippen LogP contribution in [0.25, 0.3) is 0 Å². The van der Waals surface area contributed by atoms with Crippen LogP contribution in [0.3, 0.4) is 0 Å². The number of ether oxygens (including phenoxy) is 1. The minimum atomic E-state index is -0.902. The van der Waals surface area contributed by atoms with E-state index in [0.717, 1.165) is 5.56 Å². The van der Waals surface area contributed by atoms with Gasteiger partial charge < -0.3 is 9.72 Å². The summed E-state index contributed by atoms with van der Waals surface area (Å²) in [6.07, 6.45) is 3.39. The van der Waals surface area contributed by atoms with Crippen molar-refractivity contribution in [2.75, 3.05) is 6.61 Å². The van der Waals surface area contributed by atoms with Crippen molar-refractivity contribution in [1.29, 1.82) is 0 Å². The van der Waals surface area contributed by atoms with Gasteiger partial charge in [0.15, 0.2) is 5.41 Å².